The van der Waals surface area contributed by atoms with Crippen LogP contribution in [0.25, 0.3) is 0 Å². The van der Waals surface area contributed by atoms with Crippen molar-refractivity contribution in [3.63, 3.8) is 0 Å². The van der Waals surface area contributed by atoms with Gasteiger partial charge in [-0.05, 0) is 51.1 Å². The summed E-state index contributed by atoms with van der Waals surface area (Å²) in [4.78, 5) is 14.2. The van der Waals surface area contributed by atoms with Gasteiger partial charge in [0, 0.05) is 11.6 Å². The number of halogens is 1. The first-order valence-electron chi connectivity index (χ1n) is 6.80. The highest BCUT2D eigenvalue weighted by atomic mass is 19.1. The van der Waals surface area contributed by atoms with Crippen LogP contribution in [0.3, 0.4) is 0 Å². The molecule has 1 aromatic carbocycles. The van der Waals surface area contributed by atoms with E-state index in [9.17, 15) is 9.18 Å². The van der Waals surface area contributed by atoms with Crippen LogP contribution >= 0.6 is 0 Å². The van der Waals surface area contributed by atoms with Gasteiger partial charge in [-0.1, -0.05) is 0 Å². The second-order valence-corrected chi connectivity index (χ2v) is 5.28. The number of hydrogen-bond acceptors (Lipinski definition) is 3. The monoisotopic (exact) mass is 290 g/mol. The maximum absolute atomic E-state index is 13.2. The molecule has 0 aliphatic rings. The topological polar surface area (TPSA) is 59.5 Å². The van der Waals surface area contributed by atoms with Crippen LogP contribution in [0.5, 0.6) is 0 Å². The molecular weight excluding hydrogens is 271 g/mol. The van der Waals surface area contributed by atoms with E-state index in [1.807, 2.05) is 32.9 Å². The quantitative estimate of drug-likeness (QED) is 0.878. The van der Waals surface area contributed by atoms with Gasteiger partial charge in [-0.25, -0.2) is 4.39 Å². The molecule has 2 rings (SSSR count). The molecule has 1 aromatic heterocycles. The number of rotatable bonds is 4. The number of aryl methyl sites for hydroxylation is 1. The van der Waals surface area contributed by atoms with Crippen LogP contribution in [0.4, 0.5) is 10.1 Å². The summed E-state index contributed by atoms with van der Waals surface area (Å²) in [5, 5.41) is 0. The fourth-order valence-corrected chi connectivity index (χ4v) is 2.07. The van der Waals surface area contributed by atoms with E-state index >= 15 is 0 Å². The lowest BCUT2D eigenvalue weighted by atomic mass is 10.1. The van der Waals surface area contributed by atoms with Crippen molar-refractivity contribution in [3.05, 3.63) is 53.2 Å². The second-order valence-electron chi connectivity index (χ2n) is 5.28. The third-order valence-electron chi connectivity index (χ3n) is 3.25. The molecule has 0 fully saturated rings. The number of amides is 1. The van der Waals surface area contributed by atoms with Gasteiger partial charge in [0.2, 0.25) is 0 Å². The van der Waals surface area contributed by atoms with Gasteiger partial charge in [-0.3, -0.25) is 4.79 Å². The minimum Gasteiger partial charge on any atom is -0.464 e. The fraction of sp³-hybridized carbons (Fsp3) is 0.312. The van der Waals surface area contributed by atoms with E-state index in [1.54, 1.807) is 4.90 Å². The lowest BCUT2D eigenvalue weighted by Crippen LogP contribution is -2.36. The first-order valence-corrected chi connectivity index (χ1v) is 6.80. The van der Waals surface area contributed by atoms with Crippen molar-refractivity contribution in [2.45, 2.75) is 33.4 Å². The molecule has 0 unspecified atom stereocenters. The Hall–Kier alpha value is -2.30. The molecular formula is C16H19FN2O2. The molecule has 5 heteroatoms. The number of benzene rings is 1. The lowest BCUT2D eigenvalue weighted by Gasteiger charge is -2.26. The molecule has 0 atom stereocenters. The van der Waals surface area contributed by atoms with E-state index in [0.29, 0.717) is 17.9 Å². The summed E-state index contributed by atoms with van der Waals surface area (Å²) in [6.07, 6.45) is 0. The fourth-order valence-electron chi connectivity index (χ4n) is 2.07. The van der Waals surface area contributed by atoms with Crippen LogP contribution < -0.4 is 5.73 Å². The molecule has 0 aliphatic carbocycles. The van der Waals surface area contributed by atoms with Gasteiger partial charge in [-0.2, -0.15) is 0 Å². The van der Waals surface area contributed by atoms with Crippen molar-refractivity contribution >= 4 is 11.6 Å². The molecule has 0 saturated heterocycles. The normalized spacial score (nSPS) is 10.9. The van der Waals surface area contributed by atoms with Crippen LogP contribution in [-0.2, 0) is 6.54 Å². The molecule has 21 heavy (non-hydrogen) atoms. The number of furan rings is 1. The molecule has 0 radical (unpaired) electrons. The minimum absolute atomic E-state index is 0.0193. The Morgan fingerprint density at radius 2 is 2.05 bits per heavy atom. The Balaban J connectivity index is 2.24. The zero-order valence-corrected chi connectivity index (χ0v) is 12.4. The van der Waals surface area contributed by atoms with Crippen molar-refractivity contribution in [2.24, 2.45) is 0 Å². The highest BCUT2D eigenvalue weighted by Gasteiger charge is 2.21. The summed E-state index contributed by atoms with van der Waals surface area (Å²) >= 11 is 0. The molecule has 0 saturated carbocycles. The lowest BCUT2D eigenvalue weighted by molar-refractivity contribution is 0.0675. The number of anilines is 1. The van der Waals surface area contributed by atoms with Crippen LogP contribution in [-0.4, -0.2) is 16.8 Å². The van der Waals surface area contributed by atoms with E-state index in [0.717, 1.165) is 5.76 Å². The maximum Gasteiger partial charge on any atom is 0.254 e. The summed E-state index contributed by atoms with van der Waals surface area (Å²) < 4.78 is 18.7. The van der Waals surface area contributed by atoms with E-state index in [4.69, 9.17) is 10.2 Å². The molecule has 1 amide bonds. The first kappa shape index (κ1) is 15.1. The van der Waals surface area contributed by atoms with E-state index in [2.05, 4.69) is 0 Å². The zero-order valence-electron chi connectivity index (χ0n) is 12.4. The Morgan fingerprint density at radius 3 is 2.57 bits per heavy atom. The van der Waals surface area contributed by atoms with E-state index < -0.39 is 5.82 Å². The number of carbonyl (C=O) groups is 1. The average Bonchev–Trinajstić information content (AvgIpc) is 2.83. The zero-order chi connectivity index (χ0) is 15.6. The highest BCUT2D eigenvalue weighted by Crippen LogP contribution is 2.18. The summed E-state index contributed by atoms with van der Waals surface area (Å²) in [6.45, 7) is 6.05. The molecule has 112 valence electrons. The Kier molecular flexibility index (Phi) is 4.31. The van der Waals surface area contributed by atoms with Crippen LogP contribution in [0.15, 0.2) is 34.7 Å². The molecule has 0 bridgehead atoms. The van der Waals surface area contributed by atoms with Crippen LogP contribution in [0, 0.1) is 12.7 Å². The van der Waals surface area contributed by atoms with Crippen molar-refractivity contribution in [2.75, 3.05) is 5.73 Å². The number of hydrogen-bond donors (Lipinski definition) is 1. The third-order valence-corrected chi connectivity index (χ3v) is 3.25. The first-order chi connectivity index (χ1) is 9.88. The van der Waals surface area contributed by atoms with Gasteiger partial charge < -0.3 is 15.1 Å². The summed E-state index contributed by atoms with van der Waals surface area (Å²) in [5.41, 5.74) is 5.86. The molecule has 2 N–H and O–H groups in total. The minimum atomic E-state index is -0.524. The Morgan fingerprint density at radius 1 is 1.33 bits per heavy atom. The largest absolute Gasteiger partial charge is 0.464 e. The van der Waals surface area contributed by atoms with Crippen molar-refractivity contribution in [1.29, 1.82) is 0 Å². The van der Waals surface area contributed by atoms with Crippen LogP contribution in [0.2, 0.25) is 0 Å². The summed E-state index contributed by atoms with van der Waals surface area (Å²) in [5.74, 6) is 0.784. The maximum atomic E-state index is 13.2. The standard InChI is InChI=1S/C16H19FN2O2/c1-10(2)19(9-13-6-4-11(3)21-13)16(20)12-5-7-14(17)15(18)8-12/h4-8,10H,9,18H2,1-3H3. The van der Waals surface area contributed by atoms with Gasteiger partial charge in [0.1, 0.15) is 17.3 Å². The number of nitrogens with two attached hydrogens (primary N) is 1. The molecule has 0 aliphatic heterocycles. The van der Waals surface area contributed by atoms with Gasteiger partial charge in [-0.15, -0.1) is 0 Å². The van der Waals surface area contributed by atoms with Crippen molar-refractivity contribution in [3.8, 4) is 0 Å². The highest BCUT2D eigenvalue weighted by molar-refractivity contribution is 5.95. The van der Waals surface area contributed by atoms with Crippen molar-refractivity contribution in [1.82, 2.24) is 4.90 Å². The predicted molar refractivity (Wildman–Crippen MR) is 79.3 cm³/mol. The average molecular weight is 290 g/mol. The molecule has 0 spiro atoms. The molecule has 2 aromatic rings. The predicted octanol–water partition coefficient (Wildman–Crippen LogP) is 3.36. The number of nitrogens with zero attached hydrogens (tertiary/aromatic N) is 1. The number of nitrogen functional groups attached to an aromatic ring is 1. The third kappa shape index (κ3) is 3.42. The van der Waals surface area contributed by atoms with Gasteiger partial charge in [0.05, 0.1) is 12.2 Å². The van der Waals surface area contributed by atoms with Gasteiger partial charge in [0.25, 0.3) is 5.91 Å². The SMILES string of the molecule is Cc1ccc(CN(C(=O)c2ccc(F)c(N)c2)C(C)C)o1. The van der Waals surface area contributed by atoms with E-state index in [1.165, 1.54) is 18.2 Å². The summed E-state index contributed by atoms with van der Waals surface area (Å²) in [6, 6.07) is 7.69. The van der Waals surface area contributed by atoms with Gasteiger partial charge >= 0.3 is 0 Å². The Labute approximate surface area is 123 Å². The summed E-state index contributed by atoms with van der Waals surface area (Å²) in [7, 11) is 0. The molecule has 4 nitrogen and oxygen atoms in total. The Bertz CT molecular complexity index is 649. The van der Waals surface area contributed by atoms with Crippen molar-refractivity contribution < 1.29 is 13.6 Å². The second kappa shape index (κ2) is 5.99. The number of carbonyl (C=O) groups excluding carboxylic acids is 1. The smallest absolute Gasteiger partial charge is 0.254 e. The van der Waals surface area contributed by atoms with Gasteiger partial charge in [0.15, 0.2) is 0 Å². The van der Waals surface area contributed by atoms with Crippen LogP contribution in [0.1, 0.15) is 35.7 Å². The molecule has 1 heterocycles. The van der Waals surface area contributed by atoms with E-state index in [-0.39, 0.29) is 17.6 Å².